The Morgan fingerprint density at radius 3 is 2.82 bits per heavy atom. The quantitative estimate of drug-likeness (QED) is 0.626. The Morgan fingerprint density at radius 2 is 1.95 bits per heavy atom. The van der Waals surface area contributed by atoms with Crippen LogP contribution < -0.4 is 20.3 Å². The molecule has 202 valence electrons. The molecule has 2 fully saturated rings. The summed E-state index contributed by atoms with van der Waals surface area (Å²) in [5.41, 5.74) is 3.85. The highest BCUT2D eigenvalue weighted by Gasteiger charge is 2.48. The molecule has 0 radical (unpaired) electrons. The highest BCUT2D eigenvalue weighted by atomic mass is 16.5. The maximum atomic E-state index is 14.2. The first kappa shape index (κ1) is 25.0. The van der Waals surface area contributed by atoms with Crippen molar-refractivity contribution in [2.75, 3.05) is 50.7 Å². The number of likely N-dealkylation sites (tertiary alicyclic amines) is 1. The normalized spacial score (nSPS) is 27.9. The number of carbonyl (C=O) groups is 2. The van der Waals surface area contributed by atoms with E-state index >= 15 is 0 Å². The lowest BCUT2D eigenvalue weighted by Crippen LogP contribution is -2.50. The van der Waals surface area contributed by atoms with Crippen LogP contribution in [0.5, 0.6) is 5.75 Å². The lowest BCUT2D eigenvalue weighted by molar-refractivity contribution is -0.139. The van der Waals surface area contributed by atoms with E-state index in [0.717, 1.165) is 62.3 Å². The van der Waals surface area contributed by atoms with Gasteiger partial charge in [-0.2, -0.15) is 0 Å². The number of para-hydroxylation sites is 1. The van der Waals surface area contributed by atoms with Gasteiger partial charge in [0.25, 0.3) is 5.91 Å². The Labute approximate surface area is 224 Å². The van der Waals surface area contributed by atoms with E-state index in [-0.39, 0.29) is 35.9 Å². The van der Waals surface area contributed by atoms with Crippen molar-refractivity contribution in [1.82, 2.24) is 10.2 Å². The number of amides is 2. The molecule has 0 spiro atoms. The van der Waals surface area contributed by atoms with Gasteiger partial charge in [-0.3, -0.25) is 9.59 Å². The summed E-state index contributed by atoms with van der Waals surface area (Å²) in [5, 5.41) is 6.89. The second kappa shape index (κ2) is 10.5. The first-order chi connectivity index (χ1) is 18.5. The molecule has 3 heterocycles. The SMILES string of the molecule is COC[C@@H]1Nc2ccccc2[C@H]2[C@@H]1CCN2C(=O)[C@H]1CCCC[C@H]1NC(=O)c1ccc2c(c1)OCCN2C. The number of fused-ring (bicyclic) bond motifs is 4. The Morgan fingerprint density at radius 1 is 1.11 bits per heavy atom. The Hall–Kier alpha value is -3.26. The number of hydrogen-bond acceptors (Lipinski definition) is 6. The van der Waals surface area contributed by atoms with E-state index in [0.29, 0.717) is 24.7 Å². The van der Waals surface area contributed by atoms with Crippen LogP contribution in [0.25, 0.3) is 0 Å². The van der Waals surface area contributed by atoms with Crippen molar-refractivity contribution in [1.29, 1.82) is 0 Å². The van der Waals surface area contributed by atoms with Crippen LogP contribution in [0.4, 0.5) is 11.4 Å². The van der Waals surface area contributed by atoms with E-state index in [4.69, 9.17) is 9.47 Å². The molecule has 6 rings (SSSR count). The molecule has 5 atom stereocenters. The fraction of sp³-hybridized carbons (Fsp3) is 0.533. The molecule has 1 saturated carbocycles. The molecule has 1 aliphatic carbocycles. The van der Waals surface area contributed by atoms with E-state index in [1.165, 1.54) is 5.56 Å². The van der Waals surface area contributed by atoms with Crippen LogP contribution in [0.2, 0.25) is 0 Å². The van der Waals surface area contributed by atoms with Gasteiger partial charge in [-0.25, -0.2) is 0 Å². The molecule has 8 nitrogen and oxygen atoms in total. The van der Waals surface area contributed by atoms with E-state index in [9.17, 15) is 9.59 Å². The summed E-state index contributed by atoms with van der Waals surface area (Å²) in [4.78, 5) is 31.8. The molecule has 2 aromatic carbocycles. The van der Waals surface area contributed by atoms with Gasteiger partial charge in [0.1, 0.15) is 12.4 Å². The van der Waals surface area contributed by atoms with Gasteiger partial charge < -0.3 is 29.9 Å². The number of hydrogen-bond donors (Lipinski definition) is 2. The summed E-state index contributed by atoms with van der Waals surface area (Å²) in [6, 6.07) is 14.0. The molecule has 3 aliphatic heterocycles. The van der Waals surface area contributed by atoms with Gasteiger partial charge in [-0.1, -0.05) is 31.0 Å². The zero-order valence-electron chi connectivity index (χ0n) is 22.3. The summed E-state index contributed by atoms with van der Waals surface area (Å²) >= 11 is 0. The maximum absolute atomic E-state index is 14.2. The summed E-state index contributed by atoms with van der Waals surface area (Å²) in [7, 11) is 3.76. The van der Waals surface area contributed by atoms with Crippen LogP contribution in [-0.2, 0) is 9.53 Å². The minimum absolute atomic E-state index is 0.0353. The number of carbonyl (C=O) groups excluding carboxylic acids is 2. The van der Waals surface area contributed by atoms with E-state index in [1.54, 1.807) is 7.11 Å². The first-order valence-corrected chi connectivity index (χ1v) is 14.0. The first-order valence-electron chi connectivity index (χ1n) is 14.0. The third kappa shape index (κ3) is 4.49. The Balaban J connectivity index is 1.21. The van der Waals surface area contributed by atoms with Crippen LogP contribution in [0.1, 0.15) is 54.1 Å². The van der Waals surface area contributed by atoms with Crippen molar-refractivity contribution in [2.45, 2.75) is 50.2 Å². The van der Waals surface area contributed by atoms with Gasteiger partial charge in [0, 0.05) is 43.9 Å². The van der Waals surface area contributed by atoms with Gasteiger partial charge in [-0.15, -0.1) is 0 Å². The average Bonchev–Trinajstić information content (AvgIpc) is 3.39. The number of ether oxygens (including phenoxy) is 2. The van der Waals surface area contributed by atoms with Crippen molar-refractivity contribution in [3.63, 3.8) is 0 Å². The molecule has 2 N–H and O–H groups in total. The number of methoxy groups -OCH3 is 1. The molecule has 4 aliphatic rings. The van der Waals surface area contributed by atoms with Crippen LogP contribution in [0.3, 0.4) is 0 Å². The van der Waals surface area contributed by atoms with Crippen LogP contribution in [0.15, 0.2) is 42.5 Å². The van der Waals surface area contributed by atoms with Gasteiger partial charge >= 0.3 is 0 Å². The largest absolute Gasteiger partial charge is 0.490 e. The van der Waals surface area contributed by atoms with Crippen molar-refractivity contribution < 1.29 is 19.1 Å². The molecule has 0 bridgehead atoms. The van der Waals surface area contributed by atoms with Crippen molar-refractivity contribution in [3.8, 4) is 5.75 Å². The highest BCUT2D eigenvalue weighted by Crippen LogP contribution is 2.47. The monoisotopic (exact) mass is 518 g/mol. The summed E-state index contributed by atoms with van der Waals surface area (Å²) in [6.45, 7) is 2.78. The van der Waals surface area contributed by atoms with Gasteiger partial charge in [-0.05, 0) is 49.1 Å². The van der Waals surface area contributed by atoms with Crippen LogP contribution in [-0.4, -0.2) is 69.3 Å². The molecule has 38 heavy (non-hydrogen) atoms. The minimum atomic E-state index is -0.214. The fourth-order valence-corrected chi connectivity index (χ4v) is 6.98. The number of rotatable bonds is 5. The third-order valence-corrected chi connectivity index (χ3v) is 8.93. The number of likely N-dealkylation sites (N-methyl/N-ethyl adjacent to an activating group) is 1. The second-order valence-electron chi connectivity index (χ2n) is 11.1. The molecule has 0 unspecified atom stereocenters. The fourth-order valence-electron chi connectivity index (χ4n) is 6.98. The third-order valence-electron chi connectivity index (χ3n) is 8.93. The van der Waals surface area contributed by atoms with Crippen LogP contribution in [0, 0.1) is 11.8 Å². The summed E-state index contributed by atoms with van der Waals surface area (Å²) in [6.07, 6.45) is 4.59. The number of benzene rings is 2. The minimum Gasteiger partial charge on any atom is -0.490 e. The molecule has 2 amide bonds. The molecule has 0 aromatic heterocycles. The summed E-state index contributed by atoms with van der Waals surface area (Å²) < 4.78 is 11.3. The van der Waals surface area contributed by atoms with Gasteiger partial charge in [0.15, 0.2) is 0 Å². The molecular weight excluding hydrogens is 480 g/mol. The summed E-state index contributed by atoms with van der Waals surface area (Å²) in [5.74, 6) is 0.862. The molecule has 8 heteroatoms. The number of anilines is 2. The predicted molar refractivity (Wildman–Crippen MR) is 147 cm³/mol. The lowest BCUT2D eigenvalue weighted by atomic mass is 9.81. The van der Waals surface area contributed by atoms with E-state index in [1.807, 2.05) is 31.3 Å². The molecule has 2 aromatic rings. The molecular formula is C30H38N4O4. The highest BCUT2D eigenvalue weighted by molar-refractivity contribution is 5.96. The van der Waals surface area contributed by atoms with Crippen LogP contribution >= 0.6 is 0 Å². The topological polar surface area (TPSA) is 83.1 Å². The molecule has 1 saturated heterocycles. The van der Waals surface area contributed by atoms with E-state index in [2.05, 4.69) is 38.6 Å². The van der Waals surface area contributed by atoms with Crippen molar-refractivity contribution in [2.24, 2.45) is 11.8 Å². The Kier molecular flexibility index (Phi) is 6.91. The number of nitrogens with one attached hydrogen (secondary N) is 2. The zero-order chi connectivity index (χ0) is 26.2. The zero-order valence-corrected chi connectivity index (χ0v) is 22.3. The van der Waals surface area contributed by atoms with Crippen molar-refractivity contribution >= 4 is 23.2 Å². The average molecular weight is 519 g/mol. The van der Waals surface area contributed by atoms with Gasteiger partial charge in [0.05, 0.1) is 36.8 Å². The smallest absolute Gasteiger partial charge is 0.251 e. The lowest BCUT2D eigenvalue weighted by Gasteiger charge is -2.41. The predicted octanol–water partition coefficient (Wildman–Crippen LogP) is 3.83. The maximum Gasteiger partial charge on any atom is 0.251 e. The standard InChI is InChI=1S/C30H38N4O4/c1-33-15-16-38-27-17-19(11-12-26(27)33)29(35)32-24-10-6-4-8-22(24)30(36)34-14-13-21-25(18-37-2)31-23-9-5-3-7-20(23)28(21)34/h3,5,7,9,11-12,17,21-22,24-25,28,31H,4,6,8,10,13-16,18H2,1-2H3,(H,32,35)/t21-,22+,24-,25+,28+/m1/s1. The van der Waals surface area contributed by atoms with Gasteiger partial charge in [0.2, 0.25) is 5.91 Å². The number of nitrogens with zero attached hydrogens (tertiary/aromatic N) is 2. The Bertz CT molecular complexity index is 1200. The van der Waals surface area contributed by atoms with E-state index < -0.39 is 0 Å². The second-order valence-corrected chi connectivity index (χ2v) is 11.1. The van der Waals surface area contributed by atoms with Crippen molar-refractivity contribution in [3.05, 3.63) is 53.6 Å².